The minimum absolute atomic E-state index is 0.356. The molecule has 0 aromatic heterocycles. The summed E-state index contributed by atoms with van der Waals surface area (Å²) in [5.41, 5.74) is 0.356. The van der Waals surface area contributed by atoms with Gasteiger partial charge in [0.2, 0.25) is 0 Å². The predicted molar refractivity (Wildman–Crippen MR) is 61.3 cm³/mol. The van der Waals surface area contributed by atoms with Crippen molar-refractivity contribution < 1.29 is 14.4 Å². The lowest BCUT2D eigenvalue weighted by molar-refractivity contribution is -0.139. The third kappa shape index (κ3) is 7.94. The zero-order chi connectivity index (χ0) is 12.2. The molecule has 0 N–H and O–H groups in total. The molecule has 90 valence electrons. The van der Waals surface area contributed by atoms with Gasteiger partial charge in [-0.25, -0.2) is 9.59 Å². The van der Waals surface area contributed by atoms with Crippen LogP contribution < -0.4 is 0 Å². The lowest BCUT2D eigenvalue weighted by Crippen LogP contribution is -2.02. The number of isocyanates is 1. The molecule has 0 heterocycles. The van der Waals surface area contributed by atoms with Gasteiger partial charge >= 0.3 is 5.97 Å². The molecule has 0 aliphatic carbocycles. The van der Waals surface area contributed by atoms with Crippen molar-refractivity contribution in [2.75, 3.05) is 0 Å². The van der Waals surface area contributed by atoms with Crippen LogP contribution in [0.2, 0.25) is 0 Å². The van der Waals surface area contributed by atoms with E-state index in [1.54, 1.807) is 0 Å². The van der Waals surface area contributed by atoms with E-state index in [9.17, 15) is 9.59 Å². The van der Waals surface area contributed by atoms with E-state index in [1.807, 2.05) is 0 Å². The van der Waals surface area contributed by atoms with Crippen LogP contribution >= 0.6 is 0 Å². The maximum Gasteiger partial charge on any atom is 0.362 e. The first kappa shape index (κ1) is 14.6. The molecule has 0 aliphatic heterocycles. The van der Waals surface area contributed by atoms with Gasteiger partial charge in [-0.15, -0.1) is 0 Å². The Labute approximate surface area is 96.3 Å². The summed E-state index contributed by atoms with van der Waals surface area (Å²) in [5.74, 6) is -0.642. The Bertz CT molecular complexity index is 267. The van der Waals surface area contributed by atoms with Crippen molar-refractivity contribution >= 4 is 12.0 Å². The minimum Gasteiger partial charge on any atom is -0.302 e. The highest BCUT2D eigenvalue weighted by molar-refractivity contribution is 5.87. The molecule has 0 amide bonds. The van der Waals surface area contributed by atoms with Crippen LogP contribution in [-0.2, 0) is 14.4 Å². The second-order valence-electron chi connectivity index (χ2n) is 3.68. The fourth-order valence-electron chi connectivity index (χ4n) is 1.35. The summed E-state index contributed by atoms with van der Waals surface area (Å²) < 4.78 is 0. The highest BCUT2D eigenvalue weighted by atomic mass is 16.7. The summed E-state index contributed by atoms with van der Waals surface area (Å²) in [6.07, 6.45) is 8.64. The molecule has 0 saturated carbocycles. The second-order valence-corrected chi connectivity index (χ2v) is 3.68. The third-order valence-corrected chi connectivity index (χ3v) is 2.29. The first-order chi connectivity index (χ1) is 7.72. The summed E-state index contributed by atoms with van der Waals surface area (Å²) in [5, 5.41) is 2.75. The zero-order valence-electron chi connectivity index (χ0n) is 9.83. The highest BCUT2D eigenvalue weighted by Gasteiger charge is 2.07. The molecule has 0 spiro atoms. The van der Waals surface area contributed by atoms with Crippen LogP contribution in [0.5, 0.6) is 0 Å². The molecule has 0 radical (unpaired) electrons. The lowest BCUT2D eigenvalue weighted by Gasteiger charge is -2.02. The molecule has 0 saturated heterocycles. The van der Waals surface area contributed by atoms with Gasteiger partial charge in [-0.05, 0) is 12.8 Å². The highest BCUT2D eigenvalue weighted by Crippen LogP contribution is 2.11. The summed E-state index contributed by atoms with van der Waals surface area (Å²) in [6, 6.07) is 0. The fraction of sp³-hybridized carbons (Fsp3) is 0.667. The topological polar surface area (TPSA) is 55.7 Å². The van der Waals surface area contributed by atoms with Crippen molar-refractivity contribution in [2.45, 2.75) is 51.9 Å². The van der Waals surface area contributed by atoms with Gasteiger partial charge in [0.1, 0.15) is 0 Å². The van der Waals surface area contributed by atoms with Crippen LogP contribution in [0.15, 0.2) is 17.3 Å². The Morgan fingerprint density at radius 2 is 1.88 bits per heavy atom. The number of nitrogens with zero attached hydrogens (tertiary/aromatic N) is 1. The van der Waals surface area contributed by atoms with Crippen molar-refractivity contribution in [1.29, 1.82) is 0 Å². The van der Waals surface area contributed by atoms with E-state index in [0.29, 0.717) is 12.0 Å². The summed E-state index contributed by atoms with van der Waals surface area (Å²) >= 11 is 0. The van der Waals surface area contributed by atoms with Gasteiger partial charge in [0, 0.05) is 10.7 Å². The van der Waals surface area contributed by atoms with Crippen molar-refractivity contribution in [3.05, 3.63) is 12.2 Å². The molecule has 0 aromatic carbocycles. The van der Waals surface area contributed by atoms with Crippen molar-refractivity contribution in [3.63, 3.8) is 0 Å². The zero-order valence-corrected chi connectivity index (χ0v) is 9.83. The first-order valence-corrected chi connectivity index (χ1v) is 5.68. The van der Waals surface area contributed by atoms with Crippen LogP contribution in [0.25, 0.3) is 0 Å². The fourth-order valence-corrected chi connectivity index (χ4v) is 1.35. The number of hydrogen-bond donors (Lipinski definition) is 0. The van der Waals surface area contributed by atoms with Gasteiger partial charge in [0.15, 0.2) is 0 Å². The monoisotopic (exact) mass is 225 g/mol. The maximum atomic E-state index is 11.1. The largest absolute Gasteiger partial charge is 0.362 e. The van der Waals surface area contributed by atoms with Crippen LogP contribution in [0, 0.1) is 0 Å². The number of carbonyl (C=O) groups excluding carboxylic acids is 2. The molecule has 0 atom stereocenters. The lowest BCUT2D eigenvalue weighted by atomic mass is 10.1. The van der Waals surface area contributed by atoms with Gasteiger partial charge in [0.05, 0.1) is 0 Å². The Morgan fingerprint density at radius 3 is 2.50 bits per heavy atom. The standard InChI is InChI=1S/C12H19NO3/c1-3-4-5-6-7-8-9-11(2)12(15)16-13-10-14/h2-9H2,1H3. The van der Waals surface area contributed by atoms with Crippen LogP contribution in [0.3, 0.4) is 0 Å². The third-order valence-electron chi connectivity index (χ3n) is 2.29. The molecule has 0 rings (SSSR count). The van der Waals surface area contributed by atoms with Crippen LogP contribution in [0.4, 0.5) is 0 Å². The molecular formula is C12H19NO3. The summed E-state index contributed by atoms with van der Waals surface area (Å²) in [7, 11) is 0. The number of hydrogen-bond acceptors (Lipinski definition) is 4. The van der Waals surface area contributed by atoms with Gasteiger partial charge in [0.25, 0.3) is 6.08 Å². The summed E-state index contributed by atoms with van der Waals surface area (Å²) in [6.45, 7) is 5.75. The van der Waals surface area contributed by atoms with Gasteiger partial charge in [-0.2, -0.15) is 0 Å². The van der Waals surface area contributed by atoms with Gasteiger partial charge in [-0.1, -0.05) is 45.6 Å². The van der Waals surface area contributed by atoms with Crippen molar-refractivity contribution in [2.24, 2.45) is 5.16 Å². The SMILES string of the molecule is C=C(CCCCCCCC)C(=O)ON=C=O. The molecule has 16 heavy (non-hydrogen) atoms. The van der Waals surface area contributed by atoms with Crippen molar-refractivity contribution in [3.8, 4) is 0 Å². The molecule has 0 unspecified atom stereocenters. The molecule has 0 aromatic rings. The quantitative estimate of drug-likeness (QED) is 0.151. The molecule has 0 aliphatic rings. The smallest absolute Gasteiger partial charge is 0.302 e. The molecule has 4 heteroatoms. The predicted octanol–water partition coefficient (Wildman–Crippen LogP) is 3.09. The van der Waals surface area contributed by atoms with E-state index < -0.39 is 5.97 Å². The number of carbonyl (C=O) groups is 1. The average molecular weight is 225 g/mol. The molecule has 0 fully saturated rings. The Morgan fingerprint density at radius 1 is 1.25 bits per heavy atom. The molecule has 0 bridgehead atoms. The number of rotatable bonds is 9. The van der Waals surface area contributed by atoms with E-state index in [1.165, 1.54) is 25.7 Å². The van der Waals surface area contributed by atoms with Gasteiger partial charge < -0.3 is 4.84 Å². The first-order valence-electron chi connectivity index (χ1n) is 5.68. The van der Waals surface area contributed by atoms with E-state index in [4.69, 9.17) is 0 Å². The van der Waals surface area contributed by atoms with Crippen LogP contribution in [0.1, 0.15) is 51.9 Å². The van der Waals surface area contributed by atoms with E-state index >= 15 is 0 Å². The Kier molecular flexibility index (Phi) is 9.23. The average Bonchev–Trinajstić information content (AvgIpc) is 2.30. The minimum atomic E-state index is -0.642. The van der Waals surface area contributed by atoms with Crippen LogP contribution in [-0.4, -0.2) is 12.0 Å². The summed E-state index contributed by atoms with van der Waals surface area (Å²) in [4.78, 5) is 25.0. The van der Waals surface area contributed by atoms with Gasteiger partial charge in [-0.3, -0.25) is 0 Å². The van der Waals surface area contributed by atoms with Crippen molar-refractivity contribution in [1.82, 2.24) is 0 Å². The van der Waals surface area contributed by atoms with E-state index in [2.05, 4.69) is 23.5 Å². The normalized spacial score (nSPS) is 9.31. The molecule has 4 nitrogen and oxygen atoms in total. The molecular weight excluding hydrogens is 206 g/mol. The van der Waals surface area contributed by atoms with E-state index in [-0.39, 0.29) is 0 Å². The Hall–Kier alpha value is -1.41. The second kappa shape index (κ2) is 10.1. The maximum absolute atomic E-state index is 11.1. The Balaban J connectivity index is 3.49. The van der Waals surface area contributed by atoms with E-state index in [0.717, 1.165) is 18.9 Å². The number of unbranched alkanes of at least 4 members (excludes halogenated alkanes) is 5.